The first kappa shape index (κ1) is 22.9. The summed E-state index contributed by atoms with van der Waals surface area (Å²) in [6.45, 7) is 0.223. The third kappa shape index (κ3) is 6.36. The minimum Gasteiger partial charge on any atom is -0.465 e. The Morgan fingerprint density at radius 3 is 2.56 bits per heavy atom. The number of hydrogen-bond donors (Lipinski definition) is 3. The van der Waals surface area contributed by atoms with Gasteiger partial charge in [0, 0.05) is 23.1 Å². The first-order chi connectivity index (χ1) is 16.6. The second kappa shape index (κ2) is 11.0. The van der Waals surface area contributed by atoms with E-state index in [4.69, 9.17) is 16.2 Å². The number of carbonyl (C=O) groups excluding carboxylic acids is 1. The van der Waals surface area contributed by atoms with E-state index in [0.29, 0.717) is 23.1 Å². The molecule has 4 rings (SSSR count). The summed E-state index contributed by atoms with van der Waals surface area (Å²) in [5.74, 6) is 0.209. The molecule has 5 N–H and O–H groups in total. The molecular weight excluding hydrogens is 450 g/mol. The molecule has 0 amide bonds. The van der Waals surface area contributed by atoms with Crippen LogP contribution in [0, 0.1) is 0 Å². The third-order valence-corrected chi connectivity index (χ3v) is 5.49. The van der Waals surface area contributed by atoms with E-state index in [0.717, 1.165) is 22.5 Å². The largest absolute Gasteiger partial charge is 0.465 e. The van der Waals surface area contributed by atoms with E-state index in [1.54, 1.807) is 11.4 Å². The van der Waals surface area contributed by atoms with Crippen LogP contribution >= 0.6 is 11.3 Å². The van der Waals surface area contributed by atoms with Crippen LogP contribution in [0.15, 0.2) is 77.1 Å². The average Bonchev–Trinajstić information content (AvgIpc) is 3.25. The molecule has 0 unspecified atom stereocenters. The van der Waals surface area contributed by atoms with Crippen molar-refractivity contribution in [1.82, 2.24) is 15.2 Å². The van der Waals surface area contributed by atoms with Crippen LogP contribution < -0.4 is 16.8 Å². The van der Waals surface area contributed by atoms with Gasteiger partial charge in [-0.25, -0.2) is 4.98 Å². The summed E-state index contributed by atoms with van der Waals surface area (Å²) in [5.41, 5.74) is 15.7. The molecule has 0 fully saturated rings. The van der Waals surface area contributed by atoms with E-state index in [1.807, 2.05) is 60.7 Å². The van der Waals surface area contributed by atoms with Crippen LogP contribution in [0.1, 0.15) is 11.3 Å². The predicted molar refractivity (Wildman–Crippen MR) is 134 cm³/mol. The summed E-state index contributed by atoms with van der Waals surface area (Å²) in [6, 6.07) is 21.0. The zero-order valence-electron chi connectivity index (χ0n) is 18.2. The van der Waals surface area contributed by atoms with Crippen molar-refractivity contribution in [3.05, 3.63) is 83.4 Å². The molecule has 2 aromatic carbocycles. The monoisotopic (exact) mass is 473 g/mol. The maximum absolute atomic E-state index is 12.0. The Morgan fingerprint density at radius 2 is 1.82 bits per heavy atom. The summed E-state index contributed by atoms with van der Waals surface area (Å²) < 4.78 is 5.34. The Bertz CT molecular complexity index is 1270. The molecule has 2 aromatic heterocycles. The third-order valence-electron chi connectivity index (χ3n) is 4.76. The lowest BCUT2D eigenvalue weighted by atomic mass is 10.1. The maximum atomic E-state index is 12.0. The lowest BCUT2D eigenvalue weighted by Crippen LogP contribution is -2.23. The van der Waals surface area contributed by atoms with E-state index >= 15 is 0 Å². The molecule has 0 atom stereocenters. The molecule has 10 heteroatoms. The van der Waals surface area contributed by atoms with Gasteiger partial charge in [0.05, 0.1) is 24.4 Å². The number of guanidine groups is 1. The lowest BCUT2D eigenvalue weighted by molar-refractivity contribution is -0.142. The quantitative estimate of drug-likeness (QED) is 0.200. The standard InChI is InChI=1S/C24H23N7O2S/c25-23(29-21-11-10-20(30-31-21)16-6-2-1-3-7-16)28-19-9-5-4-8-17(19)12-13-33-22(32)14-18-15-34-24(26)27-18/h1-11,15H,12-14H2,(H2,26,27)(H3,25,28,29,31). The molecule has 2 heterocycles. The van der Waals surface area contributed by atoms with Crippen LogP contribution in [-0.2, 0) is 22.4 Å². The highest BCUT2D eigenvalue weighted by Crippen LogP contribution is 2.19. The van der Waals surface area contributed by atoms with Crippen molar-refractivity contribution in [2.75, 3.05) is 17.7 Å². The number of hydrogen-bond acceptors (Lipinski definition) is 8. The van der Waals surface area contributed by atoms with Crippen molar-refractivity contribution in [2.45, 2.75) is 12.8 Å². The Hall–Kier alpha value is -4.31. The van der Waals surface area contributed by atoms with Crippen LogP contribution in [0.3, 0.4) is 0 Å². The van der Waals surface area contributed by atoms with Gasteiger partial charge in [0.1, 0.15) is 0 Å². The number of rotatable bonds is 8. The van der Waals surface area contributed by atoms with Gasteiger partial charge in [-0.05, 0) is 23.8 Å². The number of ether oxygens (including phenoxy) is 1. The summed E-state index contributed by atoms with van der Waals surface area (Å²) in [4.78, 5) is 20.4. The van der Waals surface area contributed by atoms with Crippen molar-refractivity contribution in [3.8, 4) is 11.3 Å². The van der Waals surface area contributed by atoms with Crippen molar-refractivity contribution in [1.29, 1.82) is 0 Å². The number of benzene rings is 2. The van der Waals surface area contributed by atoms with E-state index in [9.17, 15) is 4.79 Å². The molecule has 34 heavy (non-hydrogen) atoms. The van der Waals surface area contributed by atoms with E-state index < -0.39 is 0 Å². The van der Waals surface area contributed by atoms with Crippen molar-refractivity contribution in [2.24, 2.45) is 10.7 Å². The van der Waals surface area contributed by atoms with Gasteiger partial charge in [0.15, 0.2) is 16.9 Å². The summed E-state index contributed by atoms with van der Waals surface area (Å²) in [7, 11) is 0. The molecule has 172 valence electrons. The number of nitrogens with zero attached hydrogens (tertiary/aromatic N) is 4. The summed E-state index contributed by atoms with van der Waals surface area (Å²) in [5, 5.41) is 13.6. The number of aliphatic imine (C=N–C) groups is 1. The molecule has 0 radical (unpaired) electrons. The number of nitrogen functional groups attached to an aromatic ring is 1. The second-order valence-electron chi connectivity index (χ2n) is 7.25. The number of carbonyl (C=O) groups is 1. The topological polar surface area (TPSA) is 141 Å². The first-order valence-corrected chi connectivity index (χ1v) is 11.4. The Balaban J connectivity index is 1.33. The number of aromatic nitrogens is 3. The normalized spacial score (nSPS) is 11.2. The summed E-state index contributed by atoms with van der Waals surface area (Å²) in [6.07, 6.45) is 0.601. The Kier molecular flexibility index (Phi) is 7.41. The molecule has 0 spiro atoms. The molecule has 9 nitrogen and oxygen atoms in total. The van der Waals surface area contributed by atoms with Crippen LogP contribution in [0.5, 0.6) is 0 Å². The number of para-hydroxylation sites is 1. The highest BCUT2D eigenvalue weighted by molar-refractivity contribution is 7.13. The van der Waals surface area contributed by atoms with Crippen molar-refractivity contribution < 1.29 is 9.53 Å². The van der Waals surface area contributed by atoms with Gasteiger partial charge in [-0.3, -0.25) is 4.79 Å². The fourth-order valence-electron chi connectivity index (χ4n) is 3.17. The van der Waals surface area contributed by atoms with Gasteiger partial charge < -0.3 is 21.5 Å². The van der Waals surface area contributed by atoms with Gasteiger partial charge in [-0.15, -0.1) is 21.5 Å². The van der Waals surface area contributed by atoms with E-state index in [1.165, 1.54) is 11.3 Å². The van der Waals surface area contributed by atoms with E-state index in [-0.39, 0.29) is 25.0 Å². The molecule has 0 saturated carbocycles. The number of esters is 1. The van der Waals surface area contributed by atoms with Crippen LogP contribution in [0.4, 0.5) is 16.6 Å². The number of nitrogens with one attached hydrogen (secondary N) is 1. The molecule has 0 aliphatic heterocycles. The minimum absolute atomic E-state index is 0.0945. The van der Waals surface area contributed by atoms with Crippen molar-refractivity contribution in [3.63, 3.8) is 0 Å². The second-order valence-corrected chi connectivity index (χ2v) is 8.14. The average molecular weight is 474 g/mol. The highest BCUT2D eigenvalue weighted by Gasteiger charge is 2.10. The van der Waals surface area contributed by atoms with E-state index in [2.05, 4.69) is 25.5 Å². The smallest absolute Gasteiger partial charge is 0.311 e. The molecule has 0 bridgehead atoms. The first-order valence-electron chi connectivity index (χ1n) is 10.5. The fraction of sp³-hybridized carbons (Fsp3) is 0.125. The molecule has 4 aromatic rings. The fourth-order valence-corrected chi connectivity index (χ4v) is 3.74. The minimum atomic E-state index is -0.352. The maximum Gasteiger partial charge on any atom is 0.311 e. The molecule has 0 aliphatic carbocycles. The molecular formula is C24H23N7O2S. The molecule has 0 saturated heterocycles. The predicted octanol–water partition coefficient (Wildman–Crippen LogP) is 3.57. The zero-order valence-corrected chi connectivity index (χ0v) is 19.0. The highest BCUT2D eigenvalue weighted by atomic mass is 32.1. The van der Waals surface area contributed by atoms with Gasteiger partial charge >= 0.3 is 5.97 Å². The number of nitrogens with two attached hydrogens (primary N) is 2. The van der Waals surface area contributed by atoms with Gasteiger partial charge in [-0.2, -0.15) is 4.99 Å². The van der Waals surface area contributed by atoms with Gasteiger partial charge in [0.25, 0.3) is 0 Å². The SMILES string of the molecule is NC(=Nc1ccc(-c2ccccc2)nn1)Nc1ccccc1CCOC(=O)Cc1csc(N)n1. The van der Waals surface area contributed by atoms with Gasteiger partial charge in [0.2, 0.25) is 0 Å². The number of anilines is 2. The van der Waals surface area contributed by atoms with Crippen LogP contribution in [0.25, 0.3) is 11.3 Å². The van der Waals surface area contributed by atoms with Crippen LogP contribution in [-0.4, -0.2) is 33.7 Å². The molecule has 0 aliphatic rings. The lowest BCUT2D eigenvalue weighted by Gasteiger charge is -2.11. The van der Waals surface area contributed by atoms with Gasteiger partial charge in [-0.1, -0.05) is 48.5 Å². The summed E-state index contributed by atoms with van der Waals surface area (Å²) >= 11 is 1.29. The zero-order chi connectivity index (χ0) is 23.8. The van der Waals surface area contributed by atoms with Crippen LogP contribution in [0.2, 0.25) is 0 Å². The number of thiazole rings is 1. The Labute approximate surface area is 200 Å². The Morgan fingerprint density at radius 1 is 1.03 bits per heavy atom. The van der Waals surface area contributed by atoms with Crippen molar-refractivity contribution >= 4 is 39.9 Å².